The smallest absolute Gasteiger partial charge is 0.270 e. The van der Waals surface area contributed by atoms with E-state index in [0.29, 0.717) is 17.5 Å². The highest BCUT2D eigenvalue weighted by molar-refractivity contribution is 7.99. The number of benzene rings is 2. The lowest BCUT2D eigenvalue weighted by molar-refractivity contribution is -0.385. The summed E-state index contributed by atoms with van der Waals surface area (Å²) < 4.78 is 17.5. The number of non-ortho nitro benzene ring substituents is 1. The molecule has 0 bridgehead atoms. The number of nitrogens with zero attached hydrogens (tertiary/aromatic N) is 2. The van der Waals surface area contributed by atoms with Crippen LogP contribution in [0, 0.1) is 21.4 Å². The molecule has 9 heteroatoms. The molecule has 178 valence electrons. The number of carbonyl (C=O) groups excluding carboxylic acids is 2. The van der Waals surface area contributed by atoms with Gasteiger partial charge >= 0.3 is 0 Å². The zero-order valence-corrected chi connectivity index (χ0v) is 20.4. The first-order valence-electron chi connectivity index (χ1n) is 11.0. The summed E-state index contributed by atoms with van der Waals surface area (Å²) in [4.78, 5) is 38.1. The number of nitro benzene ring substituents is 1. The van der Waals surface area contributed by atoms with Crippen molar-refractivity contribution in [1.82, 2.24) is 0 Å². The zero-order chi connectivity index (χ0) is 25.1. The average Bonchev–Trinajstić information content (AvgIpc) is 2.75. The topological polar surface area (TPSA) is 119 Å². The maximum absolute atomic E-state index is 14.0. The lowest BCUT2D eigenvalue weighted by Crippen LogP contribution is -2.51. The second-order valence-corrected chi connectivity index (χ2v) is 12.2. The van der Waals surface area contributed by atoms with Crippen LogP contribution in [0.1, 0.15) is 56.5 Å². The van der Waals surface area contributed by atoms with Gasteiger partial charge in [0.15, 0.2) is 11.6 Å². The van der Waals surface area contributed by atoms with E-state index in [1.807, 2.05) is 19.1 Å². The first-order valence-corrected chi connectivity index (χ1v) is 12.6. The Morgan fingerprint density at radius 1 is 1.21 bits per heavy atom. The van der Waals surface area contributed by atoms with Crippen molar-refractivity contribution in [3.8, 4) is 0 Å². The molecule has 1 aliphatic heterocycles. The number of fused-ring (bicyclic) bond motifs is 2. The minimum Gasteiger partial charge on any atom is -0.341 e. The van der Waals surface area contributed by atoms with E-state index in [0.717, 1.165) is 12.5 Å². The molecule has 0 fully saturated rings. The molecular weight excluding hydrogens is 454 g/mol. The van der Waals surface area contributed by atoms with Crippen LogP contribution in [0.25, 0.3) is 0 Å². The number of anilines is 1. The molecule has 2 aliphatic rings. The highest BCUT2D eigenvalue weighted by Crippen LogP contribution is 2.44. The van der Waals surface area contributed by atoms with Gasteiger partial charge in [0, 0.05) is 17.7 Å². The van der Waals surface area contributed by atoms with Crippen molar-refractivity contribution >= 4 is 44.4 Å². The van der Waals surface area contributed by atoms with Crippen LogP contribution in [-0.4, -0.2) is 32.4 Å². The second kappa shape index (κ2) is 7.87. The van der Waals surface area contributed by atoms with Gasteiger partial charge < -0.3 is 5.32 Å². The lowest BCUT2D eigenvalue weighted by atomic mass is 9.62. The normalized spacial score (nSPS) is 26.2. The fraction of sp³-hybridized carbons (Fsp3) is 0.360. The molecule has 0 aromatic heterocycles. The van der Waals surface area contributed by atoms with E-state index in [2.05, 4.69) is 36.4 Å². The summed E-state index contributed by atoms with van der Waals surface area (Å²) in [6, 6.07) is 10.9. The number of amidine groups is 1. The van der Waals surface area contributed by atoms with E-state index in [-0.39, 0.29) is 33.3 Å². The SMILES string of the molecule is C=S1(=O)N=C(C2C(=O)c3ccccc3[C@@](C)(CCC(C)(C)C)C2=O)Nc2ccc([N+](=O)[O-])cc21. The fourth-order valence-corrected chi connectivity index (χ4v) is 5.86. The number of Topliss-reactive ketones (excluding diaryl/α,β-unsaturated/α-hetero) is 2. The number of nitrogens with one attached hydrogen (secondary N) is 1. The van der Waals surface area contributed by atoms with Crippen LogP contribution in [0.4, 0.5) is 11.4 Å². The van der Waals surface area contributed by atoms with E-state index in [1.165, 1.54) is 12.1 Å². The van der Waals surface area contributed by atoms with Gasteiger partial charge in [-0.25, -0.2) is 4.21 Å². The molecule has 0 radical (unpaired) electrons. The van der Waals surface area contributed by atoms with E-state index >= 15 is 0 Å². The highest BCUT2D eigenvalue weighted by atomic mass is 32.2. The standard InChI is InChI=1S/C25H27N3O5S/c1-24(2,3)12-13-25(4)17-9-7-6-8-16(17)21(29)20(22(25)30)23-26-18-11-10-15(28(31)32)14-19(18)34(5,33)27-23/h6-11,14,20H,5,12-13H2,1-4H3,(H,26,27,33)/t20?,25-,34?/m1/s1. The van der Waals surface area contributed by atoms with Crippen LogP contribution < -0.4 is 5.32 Å². The van der Waals surface area contributed by atoms with Gasteiger partial charge in [-0.3, -0.25) is 19.7 Å². The van der Waals surface area contributed by atoms with Crippen molar-refractivity contribution in [2.24, 2.45) is 15.7 Å². The summed E-state index contributed by atoms with van der Waals surface area (Å²) in [5.41, 5.74) is 0.206. The molecule has 0 amide bonds. The summed E-state index contributed by atoms with van der Waals surface area (Å²) in [5, 5.41) is 14.1. The maximum Gasteiger partial charge on any atom is 0.270 e. The number of nitro groups is 1. The molecule has 34 heavy (non-hydrogen) atoms. The Hall–Kier alpha value is -3.33. The molecule has 8 nitrogen and oxygen atoms in total. The molecule has 4 rings (SSSR count). The summed E-state index contributed by atoms with van der Waals surface area (Å²) in [7, 11) is -3.38. The van der Waals surface area contributed by atoms with Gasteiger partial charge in [0.25, 0.3) is 5.69 Å². The molecule has 0 saturated carbocycles. The highest BCUT2D eigenvalue weighted by Gasteiger charge is 2.51. The van der Waals surface area contributed by atoms with Gasteiger partial charge in [-0.2, -0.15) is 4.40 Å². The molecule has 2 aromatic rings. The molecule has 1 aliphatic carbocycles. The molecule has 0 spiro atoms. The summed E-state index contributed by atoms with van der Waals surface area (Å²) in [6.07, 6.45) is 1.29. The summed E-state index contributed by atoms with van der Waals surface area (Å²) in [5.74, 6) is 1.64. The third-order valence-corrected chi connectivity index (χ3v) is 8.05. The van der Waals surface area contributed by atoms with Crippen LogP contribution in [-0.2, 0) is 19.9 Å². The Kier molecular flexibility index (Phi) is 5.51. The van der Waals surface area contributed by atoms with Crippen molar-refractivity contribution in [3.63, 3.8) is 0 Å². The predicted octanol–water partition coefficient (Wildman–Crippen LogP) is 4.57. The maximum atomic E-state index is 14.0. The average molecular weight is 482 g/mol. The molecule has 0 saturated heterocycles. The quantitative estimate of drug-likeness (QED) is 0.296. The minimum absolute atomic E-state index is 0.0227. The van der Waals surface area contributed by atoms with Gasteiger partial charge in [-0.15, -0.1) is 0 Å². The molecular formula is C25H27N3O5S. The third kappa shape index (κ3) is 3.94. The zero-order valence-electron chi connectivity index (χ0n) is 19.6. The first kappa shape index (κ1) is 23.8. The Balaban J connectivity index is 1.83. The number of rotatable bonds is 4. The van der Waals surface area contributed by atoms with Crippen molar-refractivity contribution in [2.45, 2.75) is 50.8 Å². The molecule has 1 heterocycles. The van der Waals surface area contributed by atoms with Crippen molar-refractivity contribution in [3.05, 3.63) is 63.7 Å². The first-order chi connectivity index (χ1) is 15.7. The largest absolute Gasteiger partial charge is 0.341 e. The molecule has 1 N–H and O–H groups in total. The molecule has 3 atom stereocenters. The summed E-state index contributed by atoms with van der Waals surface area (Å²) in [6.45, 7) is 8.14. The number of ketones is 2. The van der Waals surface area contributed by atoms with E-state index in [4.69, 9.17) is 0 Å². The van der Waals surface area contributed by atoms with E-state index in [1.54, 1.807) is 12.1 Å². The van der Waals surface area contributed by atoms with Gasteiger partial charge in [0.05, 0.1) is 30.6 Å². The van der Waals surface area contributed by atoms with Gasteiger partial charge in [-0.05, 0) is 42.7 Å². The van der Waals surface area contributed by atoms with Crippen LogP contribution in [0.15, 0.2) is 51.8 Å². The van der Waals surface area contributed by atoms with Crippen LogP contribution >= 0.6 is 0 Å². The summed E-state index contributed by atoms with van der Waals surface area (Å²) >= 11 is 0. The van der Waals surface area contributed by atoms with Gasteiger partial charge in [0.1, 0.15) is 11.8 Å². The number of hydrogen-bond acceptors (Lipinski definition) is 6. The van der Waals surface area contributed by atoms with Crippen molar-refractivity contribution < 1.29 is 18.7 Å². The van der Waals surface area contributed by atoms with Crippen LogP contribution in [0.3, 0.4) is 0 Å². The fourth-order valence-electron chi connectivity index (χ4n) is 4.52. The molecule has 2 aromatic carbocycles. The second-order valence-electron chi connectivity index (χ2n) is 10.3. The van der Waals surface area contributed by atoms with Crippen LogP contribution in [0.2, 0.25) is 0 Å². The monoisotopic (exact) mass is 481 g/mol. The van der Waals surface area contributed by atoms with E-state index in [9.17, 15) is 23.9 Å². The molecule has 2 unspecified atom stereocenters. The Bertz CT molecular complexity index is 1370. The lowest BCUT2D eigenvalue weighted by Gasteiger charge is -2.40. The van der Waals surface area contributed by atoms with Gasteiger partial charge in [0.2, 0.25) is 0 Å². The van der Waals surface area contributed by atoms with E-state index < -0.39 is 31.7 Å². The number of hydrogen-bond donors (Lipinski definition) is 1. The Morgan fingerprint density at radius 3 is 2.53 bits per heavy atom. The Labute approximate surface area is 198 Å². The van der Waals surface area contributed by atoms with Crippen molar-refractivity contribution in [2.75, 3.05) is 5.32 Å². The Morgan fingerprint density at radius 2 is 1.88 bits per heavy atom. The predicted molar refractivity (Wildman–Crippen MR) is 133 cm³/mol. The van der Waals surface area contributed by atoms with Gasteiger partial charge in [-0.1, -0.05) is 45.0 Å². The van der Waals surface area contributed by atoms with Crippen molar-refractivity contribution in [1.29, 1.82) is 0 Å². The minimum atomic E-state index is -3.38. The third-order valence-electron chi connectivity index (χ3n) is 6.53. The van der Waals surface area contributed by atoms with Crippen LogP contribution in [0.5, 0.6) is 0 Å². The number of carbonyl (C=O) groups is 2.